The lowest BCUT2D eigenvalue weighted by Crippen LogP contribution is -2.46. The van der Waals surface area contributed by atoms with Gasteiger partial charge in [-0.1, -0.05) is 22.8 Å². The van der Waals surface area contributed by atoms with Crippen LogP contribution in [0.2, 0.25) is 5.02 Å². The van der Waals surface area contributed by atoms with Gasteiger partial charge in [0, 0.05) is 42.8 Å². The summed E-state index contributed by atoms with van der Waals surface area (Å²) >= 11 is 11.4. The summed E-state index contributed by atoms with van der Waals surface area (Å²) in [6, 6.07) is 9.39. The average molecular weight is 406 g/mol. The summed E-state index contributed by atoms with van der Waals surface area (Å²) in [5.74, 6) is 1.40. The molecule has 0 unspecified atom stereocenters. The van der Waals surface area contributed by atoms with E-state index in [2.05, 4.69) is 20.1 Å². The third-order valence-corrected chi connectivity index (χ3v) is 5.06. The van der Waals surface area contributed by atoms with Gasteiger partial charge < -0.3 is 8.94 Å². The Balaban J connectivity index is 1.36. The first-order valence-corrected chi connectivity index (χ1v) is 9.56. The van der Waals surface area contributed by atoms with Crippen molar-refractivity contribution in [2.45, 2.75) is 20.1 Å². The predicted octanol–water partition coefficient (Wildman–Crippen LogP) is 3.60. The maximum absolute atomic E-state index is 6.04. The lowest BCUT2D eigenvalue weighted by Gasteiger charge is -2.33. The molecule has 7 nitrogen and oxygen atoms in total. The predicted molar refractivity (Wildman–Crippen MR) is 104 cm³/mol. The smallest absolute Gasteiger partial charge is 0.288 e. The summed E-state index contributed by atoms with van der Waals surface area (Å²) in [5, 5.41) is 9.09. The number of rotatable bonds is 5. The van der Waals surface area contributed by atoms with E-state index in [1.54, 1.807) is 4.68 Å². The number of nitrogens with zero attached hydrogens (tertiary/aromatic N) is 5. The zero-order chi connectivity index (χ0) is 18.8. The van der Waals surface area contributed by atoms with Crippen LogP contribution in [0.25, 0.3) is 11.5 Å². The number of benzene rings is 1. The van der Waals surface area contributed by atoms with E-state index in [-0.39, 0.29) is 0 Å². The quantitative estimate of drug-likeness (QED) is 0.601. The van der Waals surface area contributed by atoms with E-state index >= 15 is 0 Å². The summed E-state index contributed by atoms with van der Waals surface area (Å²) in [6.45, 7) is 7.08. The molecule has 142 valence electrons. The van der Waals surface area contributed by atoms with Gasteiger partial charge in [-0.15, -0.1) is 5.10 Å². The molecule has 0 radical (unpaired) electrons. The molecule has 0 atom stereocenters. The summed E-state index contributed by atoms with van der Waals surface area (Å²) in [5.41, 5.74) is 1.74. The summed E-state index contributed by atoms with van der Waals surface area (Å²) in [6.07, 6.45) is 0. The van der Waals surface area contributed by atoms with Crippen molar-refractivity contribution in [3.8, 4) is 11.5 Å². The second kappa shape index (κ2) is 7.93. The molecule has 2 aromatic heterocycles. The van der Waals surface area contributed by atoms with Crippen LogP contribution in [0, 0.1) is 11.8 Å². The van der Waals surface area contributed by atoms with E-state index in [0.717, 1.165) is 49.7 Å². The number of aromatic nitrogens is 3. The fourth-order valence-corrected chi connectivity index (χ4v) is 3.49. The second-order valence-corrected chi connectivity index (χ2v) is 7.44. The fourth-order valence-electron chi connectivity index (χ4n) is 3.12. The van der Waals surface area contributed by atoms with E-state index in [1.807, 2.05) is 37.3 Å². The maximum atomic E-state index is 6.04. The van der Waals surface area contributed by atoms with Crippen molar-refractivity contribution < 1.29 is 8.94 Å². The van der Waals surface area contributed by atoms with Crippen LogP contribution in [0.15, 0.2) is 39.3 Å². The number of hydrogen-bond donors (Lipinski definition) is 0. The minimum absolute atomic E-state index is 0.365. The Kier molecular flexibility index (Phi) is 5.40. The van der Waals surface area contributed by atoms with Crippen LogP contribution in [0.3, 0.4) is 0 Å². The lowest BCUT2D eigenvalue weighted by molar-refractivity contribution is 0.0914. The van der Waals surface area contributed by atoms with Gasteiger partial charge in [0.05, 0.1) is 18.9 Å². The molecular formula is C18H20ClN5O2S. The third kappa shape index (κ3) is 4.47. The molecule has 1 saturated heterocycles. The zero-order valence-electron chi connectivity index (χ0n) is 15.0. The Bertz CT molecular complexity index is 974. The average Bonchev–Trinajstić information content (AvgIpc) is 3.22. The molecule has 0 aliphatic carbocycles. The van der Waals surface area contributed by atoms with Gasteiger partial charge in [0.1, 0.15) is 0 Å². The number of piperazine rings is 1. The SMILES string of the molecule is Cc1cc(CN2CCN(Cn3nc(-c4cccc(Cl)c4)oc3=S)CC2)on1. The molecule has 0 N–H and O–H groups in total. The molecular weight excluding hydrogens is 386 g/mol. The van der Waals surface area contributed by atoms with E-state index < -0.39 is 0 Å². The topological polar surface area (TPSA) is 63.5 Å². The van der Waals surface area contributed by atoms with Crippen molar-refractivity contribution in [2.24, 2.45) is 0 Å². The van der Waals surface area contributed by atoms with Gasteiger partial charge in [-0.25, -0.2) is 4.68 Å². The fraction of sp³-hybridized carbons (Fsp3) is 0.389. The van der Waals surface area contributed by atoms with Crippen LogP contribution in [0.4, 0.5) is 0 Å². The van der Waals surface area contributed by atoms with Crippen LogP contribution >= 0.6 is 23.8 Å². The highest BCUT2D eigenvalue weighted by molar-refractivity contribution is 7.71. The molecule has 3 heterocycles. The van der Waals surface area contributed by atoms with Gasteiger partial charge in [0.2, 0.25) is 5.89 Å². The van der Waals surface area contributed by atoms with Crippen molar-refractivity contribution in [3.05, 3.63) is 51.6 Å². The highest BCUT2D eigenvalue weighted by Crippen LogP contribution is 2.21. The minimum Gasteiger partial charge on any atom is -0.409 e. The number of aryl methyl sites for hydroxylation is 1. The summed E-state index contributed by atoms with van der Waals surface area (Å²) in [7, 11) is 0. The van der Waals surface area contributed by atoms with Crippen LogP contribution in [-0.2, 0) is 13.2 Å². The van der Waals surface area contributed by atoms with E-state index in [0.29, 0.717) is 22.4 Å². The first-order valence-electron chi connectivity index (χ1n) is 8.77. The van der Waals surface area contributed by atoms with Crippen LogP contribution in [-0.4, -0.2) is 50.9 Å². The van der Waals surface area contributed by atoms with Gasteiger partial charge in [-0.05, 0) is 37.3 Å². The third-order valence-electron chi connectivity index (χ3n) is 4.53. The van der Waals surface area contributed by atoms with Gasteiger partial charge in [-0.2, -0.15) is 0 Å². The number of hydrogen-bond acceptors (Lipinski definition) is 7. The standard InChI is InChI=1S/C18H20ClN5O2S/c1-13-9-16(26-21-13)11-22-5-7-23(8-6-22)12-24-18(27)25-17(20-24)14-3-2-4-15(19)10-14/h2-4,9-10H,5-8,11-12H2,1H3. The molecule has 1 aliphatic heterocycles. The molecule has 0 spiro atoms. The van der Waals surface area contributed by atoms with E-state index in [4.69, 9.17) is 32.8 Å². The Labute approximate surface area is 167 Å². The highest BCUT2D eigenvalue weighted by Gasteiger charge is 2.20. The van der Waals surface area contributed by atoms with Crippen molar-refractivity contribution in [3.63, 3.8) is 0 Å². The number of halogens is 1. The van der Waals surface area contributed by atoms with Crippen LogP contribution in [0.5, 0.6) is 0 Å². The van der Waals surface area contributed by atoms with Gasteiger partial charge in [-0.3, -0.25) is 9.80 Å². The molecule has 0 amide bonds. The van der Waals surface area contributed by atoms with E-state index in [9.17, 15) is 0 Å². The molecule has 27 heavy (non-hydrogen) atoms. The Morgan fingerprint density at radius 3 is 2.63 bits per heavy atom. The second-order valence-electron chi connectivity index (χ2n) is 6.65. The zero-order valence-corrected chi connectivity index (χ0v) is 16.5. The normalized spacial score (nSPS) is 16.1. The molecule has 0 saturated carbocycles. The van der Waals surface area contributed by atoms with Crippen molar-refractivity contribution in [1.29, 1.82) is 0 Å². The van der Waals surface area contributed by atoms with Crippen molar-refractivity contribution in [2.75, 3.05) is 26.2 Å². The highest BCUT2D eigenvalue weighted by atomic mass is 35.5. The lowest BCUT2D eigenvalue weighted by atomic mass is 10.2. The molecule has 1 aromatic carbocycles. The molecule has 0 bridgehead atoms. The Hall–Kier alpha value is -2.00. The molecule has 9 heteroatoms. The Morgan fingerprint density at radius 2 is 1.93 bits per heavy atom. The van der Waals surface area contributed by atoms with Gasteiger partial charge >= 0.3 is 0 Å². The minimum atomic E-state index is 0.365. The molecule has 3 aromatic rings. The summed E-state index contributed by atoms with van der Waals surface area (Å²) in [4.78, 5) is 5.03. The first-order chi connectivity index (χ1) is 13.1. The maximum Gasteiger partial charge on any atom is 0.288 e. The monoisotopic (exact) mass is 405 g/mol. The van der Waals surface area contributed by atoms with Gasteiger partial charge in [0.15, 0.2) is 5.76 Å². The molecule has 1 aliphatic rings. The van der Waals surface area contributed by atoms with Crippen molar-refractivity contribution >= 4 is 23.8 Å². The largest absolute Gasteiger partial charge is 0.409 e. The van der Waals surface area contributed by atoms with Crippen LogP contribution < -0.4 is 0 Å². The molecule has 4 rings (SSSR count). The first kappa shape index (κ1) is 18.4. The molecule has 1 fully saturated rings. The summed E-state index contributed by atoms with van der Waals surface area (Å²) < 4.78 is 12.7. The van der Waals surface area contributed by atoms with Gasteiger partial charge in [0.25, 0.3) is 4.84 Å². The Morgan fingerprint density at radius 1 is 1.15 bits per heavy atom. The van der Waals surface area contributed by atoms with E-state index in [1.165, 1.54) is 0 Å². The van der Waals surface area contributed by atoms with Crippen molar-refractivity contribution in [1.82, 2.24) is 24.7 Å². The van der Waals surface area contributed by atoms with Crippen LogP contribution in [0.1, 0.15) is 11.5 Å².